The maximum atomic E-state index is 11.2. The molecule has 0 aliphatic rings. The second-order valence-corrected chi connectivity index (χ2v) is 4.06. The number of hydrogen-bond acceptors (Lipinski definition) is 4. The number of nitrogens with one attached hydrogen (secondary N) is 1. The molecule has 2 rings (SSSR count). The zero-order valence-corrected chi connectivity index (χ0v) is 10.7. The molecular weight excluding hydrogens is 244 g/mol. The monoisotopic (exact) mass is 258 g/mol. The predicted octanol–water partition coefficient (Wildman–Crippen LogP) is 1.96. The molecule has 0 aliphatic carbocycles. The second kappa shape index (κ2) is 5.39. The normalized spacial score (nSPS) is 10.8. The van der Waals surface area contributed by atoms with E-state index in [2.05, 4.69) is 9.97 Å². The summed E-state index contributed by atoms with van der Waals surface area (Å²) < 4.78 is 5.02. The summed E-state index contributed by atoms with van der Waals surface area (Å²) in [4.78, 5) is 17.6. The van der Waals surface area contributed by atoms with E-state index in [4.69, 9.17) is 4.74 Å². The van der Waals surface area contributed by atoms with E-state index in [9.17, 15) is 9.90 Å². The molecule has 0 aliphatic heterocycles. The summed E-state index contributed by atoms with van der Waals surface area (Å²) in [6.45, 7) is 1.80. The molecule has 0 spiro atoms. The maximum Gasteiger partial charge on any atom is 0.345 e. The highest BCUT2D eigenvalue weighted by Gasteiger charge is 2.00. The van der Waals surface area contributed by atoms with Gasteiger partial charge in [0.1, 0.15) is 0 Å². The van der Waals surface area contributed by atoms with Gasteiger partial charge in [0.15, 0.2) is 11.5 Å². The summed E-state index contributed by atoms with van der Waals surface area (Å²) in [5.74, 6) is 0.488. The summed E-state index contributed by atoms with van der Waals surface area (Å²) in [5.41, 5.74) is 1.80. The van der Waals surface area contributed by atoms with Gasteiger partial charge >= 0.3 is 5.69 Å². The molecule has 5 heteroatoms. The number of aromatic amines is 1. The number of H-pyrrole nitrogens is 1. The topological polar surface area (TPSA) is 75.2 Å². The number of benzene rings is 1. The van der Waals surface area contributed by atoms with Gasteiger partial charge in [0, 0.05) is 5.69 Å². The molecule has 98 valence electrons. The van der Waals surface area contributed by atoms with Crippen LogP contribution in [0.25, 0.3) is 12.2 Å². The highest BCUT2D eigenvalue weighted by molar-refractivity contribution is 5.69. The van der Waals surface area contributed by atoms with Crippen molar-refractivity contribution in [2.75, 3.05) is 7.11 Å². The molecule has 5 nitrogen and oxygen atoms in total. The van der Waals surface area contributed by atoms with Gasteiger partial charge in [0.2, 0.25) is 0 Å². The van der Waals surface area contributed by atoms with Crippen molar-refractivity contribution in [1.82, 2.24) is 9.97 Å². The minimum Gasteiger partial charge on any atom is -0.504 e. The van der Waals surface area contributed by atoms with Crippen LogP contribution in [0, 0.1) is 6.92 Å². The lowest BCUT2D eigenvalue weighted by Gasteiger charge is -2.03. The van der Waals surface area contributed by atoms with Crippen molar-refractivity contribution in [3.05, 3.63) is 51.7 Å². The Morgan fingerprint density at radius 3 is 2.79 bits per heavy atom. The molecule has 0 saturated carbocycles. The smallest absolute Gasteiger partial charge is 0.345 e. The summed E-state index contributed by atoms with van der Waals surface area (Å²) in [6.07, 6.45) is 3.53. The Hall–Kier alpha value is -2.56. The lowest BCUT2D eigenvalue weighted by Crippen LogP contribution is -2.11. The van der Waals surface area contributed by atoms with Gasteiger partial charge in [-0.3, -0.25) is 0 Å². The molecule has 1 aromatic heterocycles. The quantitative estimate of drug-likeness (QED) is 0.882. The minimum atomic E-state index is -0.372. The Bertz CT molecular complexity index is 675. The minimum absolute atomic E-state index is 0.0878. The van der Waals surface area contributed by atoms with Gasteiger partial charge in [-0.1, -0.05) is 12.1 Å². The molecule has 1 heterocycles. The second-order valence-electron chi connectivity index (χ2n) is 4.06. The number of phenols is 1. The van der Waals surface area contributed by atoms with Crippen molar-refractivity contribution in [1.29, 1.82) is 0 Å². The van der Waals surface area contributed by atoms with Crippen LogP contribution < -0.4 is 10.4 Å². The molecule has 0 amide bonds. The average Bonchev–Trinajstić information content (AvgIpc) is 2.36. The molecule has 0 atom stereocenters. The Kier molecular flexibility index (Phi) is 3.66. The van der Waals surface area contributed by atoms with E-state index >= 15 is 0 Å². The van der Waals surface area contributed by atoms with Crippen LogP contribution in [0.5, 0.6) is 11.5 Å². The number of ether oxygens (including phenoxy) is 1. The molecule has 2 aromatic rings. The fraction of sp³-hybridized carbons (Fsp3) is 0.143. The third-order valence-corrected chi connectivity index (χ3v) is 2.55. The van der Waals surface area contributed by atoms with Gasteiger partial charge in [-0.2, -0.15) is 4.98 Å². The lowest BCUT2D eigenvalue weighted by atomic mass is 10.1. The number of aromatic hydroxyl groups is 1. The highest BCUT2D eigenvalue weighted by Crippen LogP contribution is 2.26. The maximum absolute atomic E-state index is 11.2. The number of methoxy groups -OCH3 is 1. The highest BCUT2D eigenvalue weighted by atomic mass is 16.5. The number of aryl methyl sites for hydroxylation is 1. The van der Waals surface area contributed by atoms with E-state index in [1.54, 1.807) is 43.3 Å². The number of aromatic nitrogens is 2. The number of nitrogens with zero attached hydrogens (tertiary/aromatic N) is 1. The first-order valence-corrected chi connectivity index (χ1v) is 5.71. The Morgan fingerprint density at radius 2 is 2.11 bits per heavy atom. The van der Waals surface area contributed by atoms with E-state index in [0.29, 0.717) is 11.4 Å². The predicted molar refractivity (Wildman–Crippen MR) is 73.2 cm³/mol. The fourth-order valence-electron chi connectivity index (χ4n) is 1.67. The van der Waals surface area contributed by atoms with E-state index < -0.39 is 0 Å². The SMILES string of the molecule is COc1cc(C=Cc2cc(C)[nH]c(=O)n2)ccc1O. The van der Waals surface area contributed by atoms with Crippen molar-refractivity contribution in [3.8, 4) is 11.5 Å². The zero-order chi connectivity index (χ0) is 13.8. The summed E-state index contributed by atoms with van der Waals surface area (Å²) in [7, 11) is 1.49. The first-order chi connectivity index (χ1) is 9.08. The van der Waals surface area contributed by atoms with E-state index in [1.807, 2.05) is 0 Å². The molecule has 19 heavy (non-hydrogen) atoms. The van der Waals surface area contributed by atoms with Crippen molar-refractivity contribution < 1.29 is 9.84 Å². The summed E-state index contributed by atoms with van der Waals surface area (Å²) >= 11 is 0. The van der Waals surface area contributed by atoms with Crippen LogP contribution in [0.4, 0.5) is 0 Å². The van der Waals surface area contributed by atoms with Crippen molar-refractivity contribution in [3.63, 3.8) is 0 Å². The summed E-state index contributed by atoms with van der Waals surface area (Å²) in [6, 6.07) is 6.77. The molecule has 0 saturated heterocycles. The third-order valence-electron chi connectivity index (χ3n) is 2.55. The van der Waals surface area contributed by atoms with Gasteiger partial charge in [-0.05, 0) is 36.8 Å². The fourth-order valence-corrected chi connectivity index (χ4v) is 1.67. The first-order valence-electron chi connectivity index (χ1n) is 5.71. The van der Waals surface area contributed by atoms with Crippen LogP contribution in [0.2, 0.25) is 0 Å². The van der Waals surface area contributed by atoms with Crippen LogP contribution in [-0.2, 0) is 0 Å². The third kappa shape index (κ3) is 3.22. The van der Waals surface area contributed by atoms with Crippen molar-refractivity contribution >= 4 is 12.2 Å². The molecule has 0 unspecified atom stereocenters. The van der Waals surface area contributed by atoms with Crippen LogP contribution in [-0.4, -0.2) is 22.2 Å². The zero-order valence-electron chi connectivity index (χ0n) is 10.7. The van der Waals surface area contributed by atoms with Gasteiger partial charge in [-0.15, -0.1) is 0 Å². The van der Waals surface area contributed by atoms with Crippen molar-refractivity contribution in [2.45, 2.75) is 6.92 Å². The van der Waals surface area contributed by atoms with Gasteiger partial charge in [0.25, 0.3) is 0 Å². The van der Waals surface area contributed by atoms with Crippen LogP contribution in [0.3, 0.4) is 0 Å². The number of hydrogen-bond donors (Lipinski definition) is 2. The Morgan fingerprint density at radius 1 is 1.32 bits per heavy atom. The number of phenolic OH excluding ortho intramolecular Hbond substituents is 1. The standard InChI is InChI=1S/C14H14N2O3/c1-9-7-11(16-14(18)15-9)5-3-10-4-6-12(17)13(8-10)19-2/h3-8,17H,1-2H3,(H,15,16,18). The molecule has 1 aromatic carbocycles. The average molecular weight is 258 g/mol. The molecule has 0 radical (unpaired) electrons. The van der Waals surface area contributed by atoms with Gasteiger partial charge in [0.05, 0.1) is 12.8 Å². The number of rotatable bonds is 3. The Labute approximate surface area is 110 Å². The van der Waals surface area contributed by atoms with Gasteiger partial charge < -0.3 is 14.8 Å². The largest absolute Gasteiger partial charge is 0.504 e. The Balaban J connectivity index is 2.29. The molecule has 0 bridgehead atoms. The van der Waals surface area contributed by atoms with Crippen LogP contribution in [0.1, 0.15) is 17.0 Å². The van der Waals surface area contributed by atoms with Crippen LogP contribution in [0.15, 0.2) is 29.1 Å². The molecule has 2 N–H and O–H groups in total. The van der Waals surface area contributed by atoms with Gasteiger partial charge in [-0.25, -0.2) is 4.79 Å². The first kappa shape index (κ1) is 12.9. The van der Waals surface area contributed by atoms with E-state index in [-0.39, 0.29) is 11.4 Å². The van der Waals surface area contributed by atoms with E-state index in [0.717, 1.165) is 11.3 Å². The molecular formula is C14H14N2O3. The van der Waals surface area contributed by atoms with Crippen molar-refractivity contribution in [2.24, 2.45) is 0 Å². The van der Waals surface area contributed by atoms with Crippen LogP contribution >= 0.6 is 0 Å². The van der Waals surface area contributed by atoms with E-state index in [1.165, 1.54) is 7.11 Å². The lowest BCUT2D eigenvalue weighted by molar-refractivity contribution is 0.373. The molecule has 0 fully saturated rings. The summed E-state index contributed by atoms with van der Waals surface area (Å²) in [5, 5.41) is 9.49.